The van der Waals surface area contributed by atoms with Crippen LogP contribution in [0.5, 0.6) is 0 Å². The van der Waals surface area contributed by atoms with Crippen LogP contribution >= 0.6 is 0 Å². The topological polar surface area (TPSA) is 6.48 Å². The van der Waals surface area contributed by atoms with Crippen molar-refractivity contribution < 1.29 is 0 Å². The zero-order valence-corrected chi connectivity index (χ0v) is 35.2. The Balaban J connectivity index is 1.14. The van der Waals surface area contributed by atoms with Gasteiger partial charge in [-0.3, -0.25) is 0 Å². The second-order valence-electron chi connectivity index (χ2n) is 17.4. The van der Waals surface area contributed by atoms with E-state index in [9.17, 15) is 0 Å². The lowest BCUT2D eigenvalue weighted by Gasteiger charge is -2.33. The molecule has 10 aromatic rings. The van der Waals surface area contributed by atoms with Crippen LogP contribution in [0.15, 0.2) is 218 Å². The van der Waals surface area contributed by atoms with Crippen molar-refractivity contribution in [1.82, 2.24) is 0 Å². The van der Waals surface area contributed by atoms with Gasteiger partial charge in [-0.15, -0.1) is 0 Å². The summed E-state index contributed by atoms with van der Waals surface area (Å²) >= 11 is 0. The van der Waals surface area contributed by atoms with Gasteiger partial charge in [0.25, 0.3) is 0 Å². The maximum atomic E-state index is 2.58. The summed E-state index contributed by atoms with van der Waals surface area (Å²) in [4.78, 5) is 4.83. The predicted octanol–water partition coefficient (Wildman–Crippen LogP) is 16.4. The average molecular weight is 803 g/mol. The first-order valence-electron chi connectivity index (χ1n) is 22.0. The van der Waals surface area contributed by atoms with E-state index in [1.807, 2.05) is 0 Å². The Morgan fingerprint density at radius 3 is 1.29 bits per heavy atom. The Bertz CT molecular complexity index is 3320. The minimum atomic E-state index is -0.619. The molecule has 0 amide bonds. The van der Waals surface area contributed by atoms with Crippen LogP contribution in [0.25, 0.3) is 55.3 Å². The molecule has 0 radical (unpaired) electrons. The number of para-hydroxylation sites is 2. The summed E-state index contributed by atoms with van der Waals surface area (Å²) in [6.07, 6.45) is 0. The molecule has 63 heavy (non-hydrogen) atoms. The highest BCUT2D eigenvalue weighted by Crippen LogP contribution is 2.66. The molecule has 10 aromatic carbocycles. The van der Waals surface area contributed by atoms with Crippen LogP contribution in [0, 0.1) is 13.8 Å². The first-order valence-corrected chi connectivity index (χ1v) is 22.0. The van der Waals surface area contributed by atoms with Crippen molar-refractivity contribution in [3.8, 4) is 44.5 Å². The van der Waals surface area contributed by atoms with Crippen molar-refractivity contribution in [2.45, 2.75) is 19.3 Å². The summed E-state index contributed by atoms with van der Waals surface area (Å²) in [7, 11) is 0. The van der Waals surface area contributed by atoms with Crippen LogP contribution in [-0.2, 0) is 5.41 Å². The average Bonchev–Trinajstić information content (AvgIpc) is 3.93. The molecule has 2 nitrogen and oxygen atoms in total. The molecular formula is C61H42N2. The van der Waals surface area contributed by atoms with Crippen LogP contribution in [0.2, 0.25) is 0 Å². The van der Waals surface area contributed by atoms with Crippen LogP contribution in [0.4, 0.5) is 34.1 Å². The minimum absolute atomic E-state index is 0.619. The lowest BCUT2D eigenvalue weighted by molar-refractivity contribution is 0.794. The number of hydrogen-bond donors (Lipinski definition) is 0. The second kappa shape index (κ2) is 13.5. The van der Waals surface area contributed by atoms with E-state index in [4.69, 9.17) is 0 Å². The lowest BCUT2D eigenvalue weighted by Crippen LogP contribution is -2.26. The van der Waals surface area contributed by atoms with Gasteiger partial charge in [0.2, 0.25) is 0 Å². The van der Waals surface area contributed by atoms with Crippen LogP contribution in [0.1, 0.15) is 33.4 Å². The third kappa shape index (κ3) is 5.07. The number of rotatable bonds is 6. The van der Waals surface area contributed by atoms with Crippen molar-refractivity contribution in [3.63, 3.8) is 0 Å². The van der Waals surface area contributed by atoms with Gasteiger partial charge in [-0.1, -0.05) is 151 Å². The smallest absolute Gasteiger partial charge is 0.0727 e. The molecule has 0 unspecified atom stereocenters. The third-order valence-corrected chi connectivity index (χ3v) is 13.9. The number of benzene rings is 10. The maximum Gasteiger partial charge on any atom is 0.0727 e. The van der Waals surface area contributed by atoms with Gasteiger partial charge in [-0.2, -0.15) is 0 Å². The zero-order chi connectivity index (χ0) is 41.8. The first-order chi connectivity index (χ1) is 31.1. The van der Waals surface area contributed by atoms with Gasteiger partial charge in [0.15, 0.2) is 0 Å². The minimum Gasteiger partial charge on any atom is -0.310 e. The number of fused-ring (bicyclic) bond motifs is 14. The molecule has 0 atom stereocenters. The van der Waals surface area contributed by atoms with Gasteiger partial charge in [-0.05, 0) is 170 Å². The lowest BCUT2D eigenvalue weighted by atomic mass is 9.70. The van der Waals surface area contributed by atoms with Crippen molar-refractivity contribution >= 4 is 44.9 Å². The van der Waals surface area contributed by atoms with E-state index in [2.05, 4.69) is 242 Å². The Kier molecular flexibility index (Phi) is 7.68. The summed E-state index contributed by atoms with van der Waals surface area (Å²) in [6, 6.07) is 81.7. The van der Waals surface area contributed by atoms with Gasteiger partial charge < -0.3 is 9.80 Å². The van der Waals surface area contributed by atoms with E-state index in [0.29, 0.717) is 0 Å². The molecule has 0 N–H and O–H groups in total. The molecule has 1 spiro atoms. The fourth-order valence-electron chi connectivity index (χ4n) is 11.2. The van der Waals surface area contributed by atoms with Crippen molar-refractivity contribution in [1.29, 1.82) is 0 Å². The maximum absolute atomic E-state index is 2.58. The largest absolute Gasteiger partial charge is 0.310 e. The highest BCUT2D eigenvalue weighted by atomic mass is 15.1. The van der Waals surface area contributed by atoms with Crippen molar-refractivity contribution in [2.24, 2.45) is 0 Å². The van der Waals surface area contributed by atoms with E-state index in [0.717, 1.165) is 34.1 Å². The Labute approximate surface area is 368 Å². The second-order valence-corrected chi connectivity index (χ2v) is 17.4. The van der Waals surface area contributed by atoms with E-state index < -0.39 is 5.41 Å². The fourth-order valence-corrected chi connectivity index (χ4v) is 11.2. The quantitative estimate of drug-likeness (QED) is 0.165. The molecule has 0 saturated heterocycles. The van der Waals surface area contributed by atoms with Gasteiger partial charge in [0.1, 0.15) is 0 Å². The highest BCUT2D eigenvalue weighted by molar-refractivity contribution is 6.21. The molecule has 0 heterocycles. The molecule has 296 valence electrons. The molecular weight excluding hydrogens is 761 g/mol. The zero-order valence-electron chi connectivity index (χ0n) is 35.2. The van der Waals surface area contributed by atoms with Gasteiger partial charge in [-0.25, -0.2) is 0 Å². The van der Waals surface area contributed by atoms with Gasteiger partial charge in [0, 0.05) is 34.1 Å². The van der Waals surface area contributed by atoms with Crippen LogP contribution in [0.3, 0.4) is 0 Å². The Hall–Kier alpha value is -7.94. The molecule has 0 bridgehead atoms. The normalized spacial score (nSPS) is 13.0. The molecule has 13 rings (SSSR count). The molecule has 3 aliphatic rings. The molecule has 2 heteroatoms. The summed E-state index contributed by atoms with van der Waals surface area (Å²) in [5.74, 6) is 0. The number of aryl methyl sites for hydroxylation is 2. The van der Waals surface area contributed by atoms with E-state index >= 15 is 0 Å². The summed E-state index contributed by atoms with van der Waals surface area (Å²) in [5.41, 5.74) is 24.4. The highest BCUT2D eigenvalue weighted by Gasteiger charge is 2.53. The molecule has 0 aromatic heterocycles. The number of hydrogen-bond acceptors (Lipinski definition) is 2. The van der Waals surface area contributed by atoms with Gasteiger partial charge in [0.05, 0.1) is 5.41 Å². The van der Waals surface area contributed by atoms with E-state index in [-0.39, 0.29) is 0 Å². The van der Waals surface area contributed by atoms with Crippen molar-refractivity contribution in [3.05, 3.63) is 252 Å². The summed E-state index contributed by atoms with van der Waals surface area (Å²) < 4.78 is 0. The SMILES string of the molecule is Cc1ccc(N(c2ccccc2)c2ccc3c(c2)C2(c4cc(N(c5ccccc5)c5ccc(C)cc5)ccc4-3)c3ccccc3-c3c2cc2c4c(cccc34)-c3ccccc3-2)cc1. The summed E-state index contributed by atoms with van der Waals surface area (Å²) in [6.45, 7) is 4.31. The van der Waals surface area contributed by atoms with Crippen LogP contribution in [-0.4, -0.2) is 0 Å². The van der Waals surface area contributed by atoms with E-state index in [1.54, 1.807) is 0 Å². The Morgan fingerprint density at radius 2 is 0.730 bits per heavy atom. The van der Waals surface area contributed by atoms with Crippen molar-refractivity contribution in [2.75, 3.05) is 9.80 Å². The molecule has 3 aliphatic carbocycles. The standard InChI is InChI=1S/C61H42N2/c1-39-24-28-43(29-25-39)62(41-14-5-3-6-15-41)45-32-34-49-50-35-33-46(63(42-16-7-4-8-17-42)44-30-26-40(2)27-31-44)37-57(50)61(56(49)36-45)55-23-12-11-20-52(55)60-53-22-13-21-51-47-18-9-10-19-48(47)54(59(51)53)38-58(60)61/h3-38H,1-2H3. The fraction of sp³-hybridized carbons (Fsp3) is 0.0492. The van der Waals surface area contributed by atoms with Gasteiger partial charge >= 0.3 is 0 Å². The third-order valence-electron chi connectivity index (χ3n) is 13.9. The summed E-state index contributed by atoms with van der Waals surface area (Å²) in [5, 5.41) is 2.67. The van der Waals surface area contributed by atoms with E-state index in [1.165, 1.54) is 88.7 Å². The predicted molar refractivity (Wildman–Crippen MR) is 264 cm³/mol. The molecule has 0 saturated carbocycles. The monoisotopic (exact) mass is 802 g/mol. The number of anilines is 6. The Morgan fingerprint density at radius 1 is 0.286 bits per heavy atom. The molecule has 0 fully saturated rings. The van der Waals surface area contributed by atoms with Crippen LogP contribution < -0.4 is 9.80 Å². The number of nitrogens with zero attached hydrogens (tertiary/aromatic N) is 2. The first kappa shape index (κ1) is 35.8. The molecule has 0 aliphatic heterocycles.